The maximum atomic E-state index is 12.9. The number of benzene rings is 1. The summed E-state index contributed by atoms with van der Waals surface area (Å²) in [6, 6.07) is 13.2. The molecule has 7 heteroatoms. The van der Waals surface area contributed by atoms with Crippen LogP contribution >= 0.6 is 0 Å². The fourth-order valence-corrected chi connectivity index (χ4v) is 3.34. The molecule has 3 heterocycles. The van der Waals surface area contributed by atoms with E-state index in [0.29, 0.717) is 11.3 Å². The van der Waals surface area contributed by atoms with Crippen molar-refractivity contribution in [1.82, 2.24) is 14.3 Å². The minimum Gasteiger partial charge on any atom is -0.459 e. The van der Waals surface area contributed by atoms with Gasteiger partial charge in [0, 0.05) is 22.6 Å². The second-order valence-corrected chi connectivity index (χ2v) is 6.69. The van der Waals surface area contributed by atoms with E-state index in [-0.39, 0.29) is 18.2 Å². The number of aryl methyl sites for hydroxylation is 2. The first kappa shape index (κ1) is 17.8. The lowest BCUT2D eigenvalue weighted by molar-refractivity contribution is 0.0964. The van der Waals surface area contributed by atoms with Crippen LogP contribution in [0.25, 0.3) is 17.3 Å². The molecule has 0 saturated heterocycles. The average Bonchev–Trinajstić information content (AvgIpc) is 3.36. The summed E-state index contributed by atoms with van der Waals surface area (Å²) >= 11 is 0. The Kier molecular flexibility index (Phi) is 4.35. The number of hydrogen-bond acceptors (Lipinski definition) is 5. The quantitative estimate of drug-likeness (QED) is 0.495. The molecule has 1 aromatic carbocycles. The minimum absolute atomic E-state index is 0.0491. The lowest BCUT2D eigenvalue weighted by atomic mass is 10.1. The zero-order chi connectivity index (χ0) is 19.8. The van der Waals surface area contributed by atoms with Crippen LogP contribution in [0.3, 0.4) is 0 Å². The van der Waals surface area contributed by atoms with E-state index in [4.69, 9.17) is 8.83 Å². The van der Waals surface area contributed by atoms with E-state index < -0.39 is 5.76 Å². The maximum Gasteiger partial charge on any atom is 0.437 e. The number of Topliss-reactive ketones (excluding diaryl/α,β-unsaturated/α-hetero) is 1. The lowest BCUT2D eigenvalue weighted by Crippen LogP contribution is -2.21. The SMILES string of the molecule is Cc1cccc(-n2c(C)cc(C(=O)Cn3nc(-c4ccco4)oc3=O)c2C)c1. The first-order chi connectivity index (χ1) is 13.4. The third kappa shape index (κ3) is 3.11. The van der Waals surface area contributed by atoms with Crippen LogP contribution in [0.2, 0.25) is 0 Å². The van der Waals surface area contributed by atoms with Crippen molar-refractivity contribution < 1.29 is 13.6 Å². The van der Waals surface area contributed by atoms with Gasteiger partial charge in [-0.05, 0) is 56.7 Å². The van der Waals surface area contributed by atoms with Crippen LogP contribution in [0.5, 0.6) is 0 Å². The molecule has 4 aromatic rings. The van der Waals surface area contributed by atoms with Crippen molar-refractivity contribution in [2.75, 3.05) is 0 Å². The highest BCUT2D eigenvalue weighted by Gasteiger charge is 2.20. The number of aromatic nitrogens is 3. The van der Waals surface area contributed by atoms with Crippen molar-refractivity contribution in [2.24, 2.45) is 0 Å². The molecule has 0 fully saturated rings. The Bertz CT molecular complexity index is 1210. The number of carbonyl (C=O) groups is 1. The molecule has 0 aliphatic rings. The highest BCUT2D eigenvalue weighted by Crippen LogP contribution is 2.22. The Hall–Kier alpha value is -3.61. The Labute approximate surface area is 160 Å². The van der Waals surface area contributed by atoms with Gasteiger partial charge >= 0.3 is 5.76 Å². The topological polar surface area (TPSA) is 83.2 Å². The van der Waals surface area contributed by atoms with Gasteiger partial charge in [-0.3, -0.25) is 4.79 Å². The predicted octanol–water partition coefficient (Wildman–Crippen LogP) is 3.70. The first-order valence-corrected chi connectivity index (χ1v) is 8.85. The number of nitrogens with zero attached hydrogens (tertiary/aromatic N) is 3. The summed E-state index contributed by atoms with van der Waals surface area (Å²) in [6.45, 7) is 5.66. The summed E-state index contributed by atoms with van der Waals surface area (Å²) in [7, 11) is 0. The van der Waals surface area contributed by atoms with E-state index in [0.717, 1.165) is 27.3 Å². The summed E-state index contributed by atoms with van der Waals surface area (Å²) in [5.74, 6) is -0.533. The van der Waals surface area contributed by atoms with Crippen LogP contribution in [-0.2, 0) is 6.54 Å². The summed E-state index contributed by atoms with van der Waals surface area (Å²) in [5.41, 5.74) is 4.44. The normalized spacial score (nSPS) is 11.1. The van der Waals surface area contributed by atoms with Crippen molar-refractivity contribution in [3.05, 3.63) is 81.8 Å². The van der Waals surface area contributed by atoms with Gasteiger partial charge in [-0.2, -0.15) is 4.68 Å². The molecule has 0 radical (unpaired) electrons. The molecule has 0 unspecified atom stereocenters. The van der Waals surface area contributed by atoms with Crippen molar-refractivity contribution in [2.45, 2.75) is 27.3 Å². The first-order valence-electron chi connectivity index (χ1n) is 8.85. The zero-order valence-corrected chi connectivity index (χ0v) is 15.8. The smallest absolute Gasteiger partial charge is 0.437 e. The zero-order valence-electron chi connectivity index (χ0n) is 15.8. The van der Waals surface area contributed by atoms with Crippen LogP contribution in [-0.4, -0.2) is 20.1 Å². The van der Waals surface area contributed by atoms with Gasteiger partial charge in [0.1, 0.15) is 6.54 Å². The Morgan fingerprint density at radius 3 is 2.64 bits per heavy atom. The molecule has 0 saturated carbocycles. The Balaban J connectivity index is 1.65. The van der Waals surface area contributed by atoms with Crippen LogP contribution in [0.4, 0.5) is 0 Å². The number of furan rings is 1. The van der Waals surface area contributed by atoms with Crippen LogP contribution < -0.4 is 5.76 Å². The summed E-state index contributed by atoms with van der Waals surface area (Å²) in [5, 5.41) is 4.06. The molecule has 0 atom stereocenters. The standard InChI is InChI=1S/C21H19N3O4/c1-13-6-4-7-16(10-13)24-14(2)11-17(15(24)3)18(25)12-23-21(26)28-20(22-23)19-8-5-9-27-19/h4-11H,12H2,1-3H3. The number of hydrogen-bond donors (Lipinski definition) is 0. The third-order valence-electron chi connectivity index (χ3n) is 4.62. The van der Waals surface area contributed by atoms with Gasteiger partial charge in [0.15, 0.2) is 11.5 Å². The monoisotopic (exact) mass is 377 g/mol. The Morgan fingerprint density at radius 2 is 1.93 bits per heavy atom. The highest BCUT2D eigenvalue weighted by atomic mass is 16.4. The molecule has 0 aliphatic heterocycles. The molecule has 0 aliphatic carbocycles. The molecular formula is C21H19N3O4. The summed E-state index contributed by atoms with van der Waals surface area (Å²) in [6.07, 6.45) is 1.46. The molecule has 28 heavy (non-hydrogen) atoms. The number of carbonyl (C=O) groups excluding carboxylic acids is 1. The van der Waals surface area contributed by atoms with E-state index in [2.05, 4.69) is 11.2 Å². The molecule has 0 bridgehead atoms. The third-order valence-corrected chi connectivity index (χ3v) is 4.62. The number of ketones is 1. The van der Waals surface area contributed by atoms with E-state index in [1.165, 1.54) is 6.26 Å². The van der Waals surface area contributed by atoms with E-state index in [1.807, 2.05) is 49.6 Å². The molecular weight excluding hydrogens is 358 g/mol. The molecule has 4 rings (SSSR count). The van der Waals surface area contributed by atoms with E-state index in [9.17, 15) is 9.59 Å². The van der Waals surface area contributed by atoms with Gasteiger partial charge in [0.05, 0.1) is 6.26 Å². The van der Waals surface area contributed by atoms with Gasteiger partial charge in [0.25, 0.3) is 5.89 Å². The number of rotatable bonds is 5. The lowest BCUT2D eigenvalue weighted by Gasteiger charge is -2.10. The Morgan fingerprint density at radius 1 is 1.11 bits per heavy atom. The summed E-state index contributed by atoms with van der Waals surface area (Å²) in [4.78, 5) is 24.9. The molecule has 0 N–H and O–H groups in total. The van der Waals surface area contributed by atoms with Gasteiger partial charge < -0.3 is 13.4 Å². The second-order valence-electron chi connectivity index (χ2n) is 6.69. The van der Waals surface area contributed by atoms with Gasteiger partial charge in [-0.15, -0.1) is 5.10 Å². The molecule has 3 aromatic heterocycles. The van der Waals surface area contributed by atoms with E-state index >= 15 is 0 Å². The van der Waals surface area contributed by atoms with Gasteiger partial charge in [0.2, 0.25) is 0 Å². The highest BCUT2D eigenvalue weighted by molar-refractivity contribution is 5.97. The van der Waals surface area contributed by atoms with Crippen LogP contribution in [0.15, 0.2) is 62.4 Å². The molecule has 0 spiro atoms. The molecule has 7 nitrogen and oxygen atoms in total. The summed E-state index contributed by atoms with van der Waals surface area (Å²) < 4.78 is 13.3. The van der Waals surface area contributed by atoms with E-state index in [1.54, 1.807) is 12.1 Å². The fourth-order valence-electron chi connectivity index (χ4n) is 3.34. The van der Waals surface area contributed by atoms with Gasteiger partial charge in [-0.25, -0.2) is 4.79 Å². The van der Waals surface area contributed by atoms with Gasteiger partial charge in [-0.1, -0.05) is 12.1 Å². The average molecular weight is 377 g/mol. The molecule has 142 valence electrons. The van der Waals surface area contributed by atoms with Crippen molar-refractivity contribution in [1.29, 1.82) is 0 Å². The second kappa shape index (κ2) is 6.84. The largest absolute Gasteiger partial charge is 0.459 e. The van der Waals surface area contributed by atoms with Crippen molar-refractivity contribution in [3.8, 4) is 17.3 Å². The molecule has 0 amide bonds. The van der Waals surface area contributed by atoms with Crippen LogP contribution in [0, 0.1) is 20.8 Å². The minimum atomic E-state index is -0.702. The van der Waals surface area contributed by atoms with Crippen molar-refractivity contribution in [3.63, 3.8) is 0 Å². The van der Waals surface area contributed by atoms with Crippen molar-refractivity contribution >= 4 is 5.78 Å². The fraction of sp³-hybridized carbons (Fsp3) is 0.190. The van der Waals surface area contributed by atoms with Crippen LogP contribution in [0.1, 0.15) is 27.3 Å². The maximum absolute atomic E-state index is 12.9. The predicted molar refractivity (Wildman–Crippen MR) is 103 cm³/mol.